The first-order chi connectivity index (χ1) is 20.2. The number of benzene rings is 2. The highest BCUT2D eigenvalue weighted by atomic mass is 35.5. The van der Waals surface area contributed by atoms with Crippen molar-refractivity contribution in [1.82, 2.24) is 14.2 Å². The van der Waals surface area contributed by atoms with Gasteiger partial charge < -0.3 is 29.4 Å². The number of Topliss-reactive ketones (excluding diaryl/α,β-unsaturated/α-hetero) is 1. The molecule has 11 nitrogen and oxygen atoms in total. The molecular formula is C29H35ClN4O7S. The summed E-state index contributed by atoms with van der Waals surface area (Å²) in [6.07, 6.45) is 0.515. The van der Waals surface area contributed by atoms with Gasteiger partial charge in [0.15, 0.2) is 5.78 Å². The number of halogens is 1. The number of sulfonamides is 1. The Labute approximate surface area is 250 Å². The van der Waals surface area contributed by atoms with Crippen LogP contribution in [0.3, 0.4) is 0 Å². The zero-order valence-electron chi connectivity index (χ0n) is 23.6. The summed E-state index contributed by atoms with van der Waals surface area (Å²) in [6.45, 7) is 5.05. The molecule has 0 unspecified atom stereocenters. The van der Waals surface area contributed by atoms with Crippen molar-refractivity contribution >= 4 is 50.1 Å². The van der Waals surface area contributed by atoms with Crippen molar-refractivity contribution in [2.24, 2.45) is 0 Å². The smallest absolute Gasteiger partial charge is 0.409 e. The second-order valence-corrected chi connectivity index (χ2v) is 12.7. The normalized spacial score (nSPS) is 18.6. The van der Waals surface area contributed by atoms with Crippen molar-refractivity contribution in [1.29, 1.82) is 0 Å². The monoisotopic (exact) mass is 618 g/mol. The highest BCUT2D eigenvalue weighted by Crippen LogP contribution is 2.37. The SMILES string of the molecule is CCOC(=O)N1CCC(Nc2cc(Cl)cc3c(S(=O)(=O)N4CCO[C@H](COc5ccccc5)C4)c(C(C)=O)[nH]c23)CC1. The van der Waals surface area contributed by atoms with Gasteiger partial charge >= 0.3 is 6.09 Å². The minimum atomic E-state index is -4.12. The number of carbonyl (C=O) groups is 2. The number of morpholine rings is 1. The van der Waals surface area contributed by atoms with E-state index < -0.39 is 21.9 Å². The van der Waals surface area contributed by atoms with Crippen molar-refractivity contribution in [3.8, 4) is 5.75 Å². The van der Waals surface area contributed by atoms with Crippen LogP contribution in [0.5, 0.6) is 5.75 Å². The molecule has 0 spiro atoms. The number of rotatable bonds is 9. The van der Waals surface area contributed by atoms with E-state index in [-0.39, 0.29) is 49.0 Å². The molecule has 2 aromatic carbocycles. The number of para-hydroxylation sites is 1. The first-order valence-electron chi connectivity index (χ1n) is 14.0. The third kappa shape index (κ3) is 6.51. The molecule has 0 aliphatic carbocycles. The Kier molecular flexibility index (Phi) is 9.26. The standard InChI is InChI=1S/C29H35ClN4O7S/c1-3-39-29(36)33-11-9-21(10-12-33)31-25-16-20(30)15-24-27(25)32-26(19(2)35)28(24)42(37,38)34-13-14-40-23(17-34)18-41-22-7-5-4-6-8-22/h4-8,15-16,21,23,31-32H,3,9-14,17-18H2,1-2H3/t23-/m0/s1. The highest BCUT2D eigenvalue weighted by molar-refractivity contribution is 7.89. The molecule has 0 bridgehead atoms. The number of carbonyl (C=O) groups excluding carboxylic acids is 2. The summed E-state index contributed by atoms with van der Waals surface area (Å²) in [7, 11) is -4.12. The Morgan fingerprint density at radius 3 is 2.57 bits per heavy atom. The molecule has 1 aromatic heterocycles. The van der Waals surface area contributed by atoms with Gasteiger partial charge in [-0.1, -0.05) is 29.8 Å². The summed E-state index contributed by atoms with van der Waals surface area (Å²) in [6, 6.07) is 12.5. The number of hydrogen-bond donors (Lipinski definition) is 2. The van der Waals surface area contributed by atoms with Gasteiger partial charge in [0.25, 0.3) is 0 Å². The molecule has 0 radical (unpaired) electrons. The third-order valence-corrected chi connectivity index (χ3v) is 9.61. The van der Waals surface area contributed by atoms with Gasteiger partial charge in [-0.15, -0.1) is 0 Å². The van der Waals surface area contributed by atoms with Crippen molar-refractivity contribution in [2.45, 2.75) is 43.7 Å². The van der Waals surface area contributed by atoms with E-state index in [1.165, 1.54) is 11.2 Å². The van der Waals surface area contributed by atoms with Crippen LogP contribution in [-0.2, 0) is 19.5 Å². The Morgan fingerprint density at radius 1 is 1.14 bits per heavy atom. The van der Waals surface area contributed by atoms with Gasteiger partial charge in [-0.3, -0.25) is 4.79 Å². The van der Waals surface area contributed by atoms with E-state index in [1.807, 2.05) is 30.3 Å². The van der Waals surface area contributed by atoms with Gasteiger partial charge in [-0.25, -0.2) is 13.2 Å². The molecule has 2 fully saturated rings. The Hall–Kier alpha value is -3.32. The number of aromatic amines is 1. The Bertz CT molecular complexity index is 1540. The molecule has 13 heteroatoms. The summed E-state index contributed by atoms with van der Waals surface area (Å²) >= 11 is 6.51. The van der Waals surface area contributed by atoms with E-state index in [4.69, 9.17) is 25.8 Å². The molecule has 2 N–H and O–H groups in total. The van der Waals surface area contributed by atoms with Crippen LogP contribution in [0.15, 0.2) is 47.4 Å². The van der Waals surface area contributed by atoms with E-state index in [1.54, 1.807) is 24.0 Å². The van der Waals surface area contributed by atoms with Crippen molar-refractivity contribution in [3.63, 3.8) is 0 Å². The molecule has 2 saturated heterocycles. The number of fused-ring (bicyclic) bond motifs is 1. The average Bonchev–Trinajstić information content (AvgIpc) is 3.38. The average molecular weight is 619 g/mol. The lowest BCUT2D eigenvalue weighted by Crippen LogP contribution is -2.47. The second kappa shape index (κ2) is 12.9. The van der Waals surface area contributed by atoms with Crippen LogP contribution in [0.1, 0.15) is 37.2 Å². The maximum absolute atomic E-state index is 14.1. The van der Waals surface area contributed by atoms with Crippen molar-refractivity contribution < 1.29 is 32.2 Å². The van der Waals surface area contributed by atoms with Gasteiger partial charge in [0.05, 0.1) is 24.4 Å². The van der Waals surface area contributed by atoms with Crippen molar-refractivity contribution in [3.05, 3.63) is 53.2 Å². The number of H-pyrrole nitrogens is 1. The molecule has 1 atom stereocenters. The van der Waals surface area contributed by atoms with Crippen LogP contribution in [-0.4, -0.2) is 92.6 Å². The lowest BCUT2D eigenvalue weighted by molar-refractivity contribution is -0.0249. The van der Waals surface area contributed by atoms with Crippen LogP contribution in [0.2, 0.25) is 5.02 Å². The maximum Gasteiger partial charge on any atom is 0.409 e. The number of likely N-dealkylation sites (tertiary alicyclic amines) is 1. The third-order valence-electron chi connectivity index (χ3n) is 7.44. The van der Waals surface area contributed by atoms with Gasteiger partial charge in [0, 0.05) is 49.6 Å². The van der Waals surface area contributed by atoms with Gasteiger partial charge in [0.1, 0.15) is 29.0 Å². The predicted octanol–water partition coefficient (Wildman–Crippen LogP) is 4.53. The zero-order valence-corrected chi connectivity index (χ0v) is 25.2. The molecule has 3 heterocycles. The number of nitrogens with one attached hydrogen (secondary N) is 2. The van der Waals surface area contributed by atoms with Crippen LogP contribution < -0.4 is 10.1 Å². The number of aromatic nitrogens is 1. The number of ketones is 1. The first kappa shape index (κ1) is 30.1. The quantitative estimate of drug-likeness (QED) is 0.335. The summed E-state index contributed by atoms with van der Waals surface area (Å²) < 4.78 is 46.3. The van der Waals surface area contributed by atoms with E-state index in [0.29, 0.717) is 59.9 Å². The number of anilines is 1. The lowest BCUT2D eigenvalue weighted by Gasteiger charge is -2.32. The van der Waals surface area contributed by atoms with Gasteiger partial charge in [0.2, 0.25) is 10.0 Å². The number of ether oxygens (including phenoxy) is 3. The van der Waals surface area contributed by atoms with Crippen LogP contribution in [0.25, 0.3) is 10.9 Å². The second-order valence-electron chi connectivity index (χ2n) is 10.3. The van der Waals surface area contributed by atoms with Gasteiger partial charge in [-0.05, 0) is 44.0 Å². The summed E-state index contributed by atoms with van der Waals surface area (Å²) in [5.74, 6) is 0.254. The highest BCUT2D eigenvalue weighted by Gasteiger charge is 2.36. The topological polar surface area (TPSA) is 130 Å². The van der Waals surface area contributed by atoms with E-state index >= 15 is 0 Å². The maximum atomic E-state index is 14.1. The molecule has 2 aliphatic heterocycles. The van der Waals surface area contributed by atoms with Gasteiger partial charge in [-0.2, -0.15) is 4.31 Å². The fourth-order valence-corrected chi connectivity index (χ4v) is 7.40. The number of hydrogen-bond acceptors (Lipinski definition) is 8. The summed E-state index contributed by atoms with van der Waals surface area (Å²) in [5.41, 5.74) is 1.07. The molecule has 226 valence electrons. The minimum Gasteiger partial charge on any atom is -0.491 e. The molecule has 1 amide bonds. The molecule has 5 rings (SSSR count). The first-order valence-corrected chi connectivity index (χ1v) is 15.8. The number of amides is 1. The zero-order chi connectivity index (χ0) is 29.9. The fourth-order valence-electron chi connectivity index (χ4n) is 5.35. The predicted molar refractivity (Wildman–Crippen MR) is 159 cm³/mol. The van der Waals surface area contributed by atoms with Crippen LogP contribution >= 0.6 is 11.6 Å². The summed E-state index contributed by atoms with van der Waals surface area (Å²) in [4.78, 5) is 29.5. The minimum absolute atomic E-state index is 0.00368. The lowest BCUT2D eigenvalue weighted by atomic mass is 10.0. The van der Waals surface area contributed by atoms with Crippen LogP contribution in [0.4, 0.5) is 10.5 Å². The molecule has 2 aliphatic rings. The Balaban J connectivity index is 1.39. The van der Waals surface area contributed by atoms with Crippen LogP contribution in [0, 0.1) is 0 Å². The molecule has 3 aromatic rings. The summed E-state index contributed by atoms with van der Waals surface area (Å²) in [5, 5.41) is 4.12. The molecule has 42 heavy (non-hydrogen) atoms. The molecular weight excluding hydrogens is 584 g/mol. The number of nitrogens with zero attached hydrogens (tertiary/aromatic N) is 2. The fraction of sp³-hybridized carbons (Fsp3) is 0.448. The van der Waals surface area contributed by atoms with Crippen molar-refractivity contribution in [2.75, 3.05) is 51.3 Å². The van der Waals surface area contributed by atoms with E-state index in [0.717, 1.165) is 0 Å². The van der Waals surface area contributed by atoms with E-state index in [2.05, 4.69) is 10.3 Å². The van der Waals surface area contributed by atoms with E-state index in [9.17, 15) is 18.0 Å². The largest absolute Gasteiger partial charge is 0.491 e. The number of piperidine rings is 1. The Morgan fingerprint density at radius 2 is 1.88 bits per heavy atom. The molecule has 0 saturated carbocycles.